The predicted molar refractivity (Wildman–Crippen MR) is 128 cm³/mol. The Morgan fingerprint density at radius 3 is 2.25 bits per heavy atom. The molecule has 0 N–H and O–H groups in total. The molecule has 0 saturated heterocycles. The highest BCUT2D eigenvalue weighted by Gasteiger charge is 2.31. The van der Waals surface area contributed by atoms with E-state index in [2.05, 4.69) is 12.1 Å². The molecule has 0 aromatic heterocycles. The molecule has 166 valence electrons. The minimum atomic E-state index is -0.253. The average Bonchev–Trinajstić information content (AvgIpc) is 2.77. The smallest absolute Gasteiger partial charge is 0.256 e. The number of hydrogen-bond acceptors (Lipinski definition) is 3. The molecule has 3 aromatic rings. The van der Waals surface area contributed by atoms with Crippen LogP contribution in [0.15, 0.2) is 72.8 Å². The summed E-state index contributed by atoms with van der Waals surface area (Å²) in [5.41, 5.74) is 2.67. The van der Waals surface area contributed by atoms with Crippen LogP contribution in [-0.4, -0.2) is 29.1 Å². The summed E-state index contributed by atoms with van der Waals surface area (Å²) in [6.07, 6.45) is 0.734. The number of rotatable bonds is 5. The first-order valence-electron chi connectivity index (χ1n) is 10.8. The zero-order valence-corrected chi connectivity index (χ0v) is 19.4. The van der Waals surface area contributed by atoms with E-state index < -0.39 is 0 Å². The standard InChI is InChI=1S/C27H28ClNO3/c1-27(2,3)32-23-14-12-22(13-15-23)31-18-21-16-19-8-4-5-9-20(19)17-29(21)26(30)24-10-6-7-11-25(24)28/h4-15,21H,16-18H2,1-3H3. The molecule has 32 heavy (non-hydrogen) atoms. The molecule has 0 saturated carbocycles. The number of carbonyl (C=O) groups is 1. The van der Waals surface area contributed by atoms with E-state index in [1.165, 1.54) is 5.56 Å². The van der Waals surface area contributed by atoms with Gasteiger partial charge in [0.2, 0.25) is 0 Å². The van der Waals surface area contributed by atoms with Gasteiger partial charge in [-0.25, -0.2) is 0 Å². The van der Waals surface area contributed by atoms with Gasteiger partial charge < -0.3 is 14.4 Å². The van der Waals surface area contributed by atoms with E-state index >= 15 is 0 Å². The molecular weight excluding hydrogens is 422 g/mol. The molecule has 0 spiro atoms. The molecule has 1 atom stereocenters. The number of amides is 1. The first-order chi connectivity index (χ1) is 15.3. The molecule has 0 radical (unpaired) electrons. The molecule has 1 aliphatic heterocycles. The second kappa shape index (κ2) is 9.25. The van der Waals surface area contributed by atoms with Gasteiger partial charge in [-0.15, -0.1) is 0 Å². The van der Waals surface area contributed by atoms with Gasteiger partial charge >= 0.3 is 0 Å². The fraction of sp³-hybridized carbons (Fsp3) is 0.296. The van der Waals surface area contributed by atoms with Crippen LogP contribution in [0.25, 0.3) is 0 Å². The maximum absolute atomic E-state index is 13.4. The highest BCUT2D eigenvalue weighted by atomic mass is 35.5. The second-order valence-electron chi connectivity index (χ2n) is 9.04. The van der Waals surface area contributed by atoms with Crippen molar-refractivity contribution >= 4 is 17.5 Å². The van der Waals surface area contributed by atoms with E-state index in [4.69, 9.17) is 21.1 Å². The third kappa shape index (κ3) is 5.25. The first-order valence-corrected chi connectivity index (χ1v) is 11.2. The predicted octanol–water partition coefficient (Wildman–Crippen LogP) is 6.16. The zero-order chi connectivity index (χ0) is 22.7. The quantitative estimate of drug-likeness (QED) is 0.468. The Kier molecular flexibility index (Phi) is 6.43. The van der Waals surface area contributed by atoms with Crippen LogP contribution >= 0.6 is 11.6 Å². The van der Waals surface area contributed by atoms with Crippen LogP contribution in [0.3, 0.4) is 0 Å². The van der Waals surface area contributed by atoms with Crippen molar-refractivity contribution in [2.45, 2.75) is 45.4 Å². The van der Waals surface area contributed by atoms with Crippen molar-refractivity contribution < 1.29 is 14.3 Å². The van der Waals surface area contributed by atoms with Crippen LogP contribution in [0, 0.1) is 0 Å². The van der Waals surface area contributed by atoms with Gasteiger partial charge in [0.05, 0.1) is 16.6 Å². The lowest BCUT2D eigenvalue weighted by Crippen LogP contribution is -2.47. The molecule has 0 bridgehead atoms. The second-order valence-corrected chi connectivity index (χ2v) is 9.44. The molecular formula is C27H28ClNO3. The number of ether oxygens (including phenoxy) is 2. The summed E-state index contributed by atoms with van der Waals surface area (Å²) in [4.78, 5) is 15.3. The first kappa shape index (κ1) is 22.2. The number of nitrogens with zero attached hydrogens (tertiary/aromatic N) is 1. The van der Waals surface area contributed by atoms with Crippen LogP contribution in [-0.2, 0) is 13.0 Å². The summed E-state index contributed by atoms with van der Waals surface area (Å²) < 4.78 is 12.0. The number of fused-ring (bicyclic) bond motifs is 1. The lowest BCUT2D eigenvalue weighted by Gasteiger charge is -2.37. The Morgan fingerprint density at radius 2 is 1.56 bits per heavy atom. The minimum absolute atomic E-state index is 0.0763. The molecule has 0 fully saturated rings. The van der Waals surface area contributed by atoms with Gasteiger partial charge in [-0.05, 0) is 74.7 Å². The Bertz CT molecular complexity index is 1090. The SMILES string of the molecule is CC(C)(C)Oc1ccc(OCC2Cc3ccccc3CN2C(=O)c2ccccc2Cl)cc1. The van der Waals surface area contributed by atoms with E-state index in [1.807, 2.05) is 74.2 Å². The van der Waals surface area contributed by atoms with Gasteiger partial charge in [-0.2, -0.15) is 0 Å². The topological polar surface area (TPSA) is 38.8 Å². The van der Waals surface area contributed by atoms with Crippen molar-refractivity contribution in [3.05, 3.63) is 94.5 Å². The van der Waals surface area contributed by atoms with Crippen molar-refractivity contribution in [2.24, 2.45) is 0 Å². The summed E-state index contributed by atoms with van der Waals surface area (Å²) >= 11 is 6.33. The van der Waals surface area contributed by atoms with E-state index in [0.717, 1.165) is 23.5 Å². The number of hydrogen-bond donors (Lipinski definition) is 0. The summed E-state index contributed by atoms with van der Waals surface area (Å²) in [5.74, 6) is 1.47. The molecule has 4 rings (SSSR count). The monoisotopic (exact) mass is 449 g/mol. The molecule has 3 aromatic carbocycles. The van der Waals surface area contributed by atoms with Crippen LogP contribution in [0.2, 0.25) is 5.02 Å². The van der Waals surface area contributed by atoms with E-state index in [-0.39, 0.29) is 17.6 Å². The van der Waals surface area contributed by atoms with Gasteiger partial charge in [0.25, 0.3) is 5.91 Å². The average molecular weight is 450 g/mol. The minimum Gasteiger partial charge on any atom is -0.491 e. The lowest BCUT2D eigenvalue weighted by molar-refractivity contribution is 0.0566. The Hall–Kier alpha value is -2.98. The number of carbonyl (C=O) groups excluding carboxylic acids is 1. The summed E-state index contributed by atoms with van der Waals surface area (Å²) in [5, 5.41) is 0.463. The molecule has 0 aliphatic carbocycles. The Balaban J connectivity index is 1.52. The highest BCUT2D eigenvalue weighted by Crippen LogP contribution is 2.28. The van der Waals surface area contributed by atoms with Crippen molar-refractivity contribution in [1.29, 1.82) is 0 Å². The highest BCUT2D eigenvalue weighted by molar-refractivity contribution is 6.33. The molecule has 1 unspecified atom stereocenters. The summed E-state index contributed by atoms with van der Waals surface area (Å²) in [6, 6.07) is 23.0. The molecule has 1 amide bonds. The fourth-order valence-corrected chi connectivity index (χ4v) is 4.13. The number of halogens is 1. The number of benzene rings is 3. The van der Waals surface area contributed by atoms with Gasteiger partial charge in [-0.1, -0.05) is 48.0 Å². The lowest BCUT2D eigenvalue weighted by atomic mass is 9.93. The van der Waals surface area contributed by atoms with Crippen molar-refractivity contribution in [2.75, 3.05) is 6.61 Å². The maximum atomic E-state index is 13.4. The Labute approximate surface area is 194 Å². The van der Waals surface area contributed by atoms with Crippen LogP contribution in [0.5, 0.6) is 11.5 Å². The molecule has 4 nitrogen and oxygen atoms in total. The van der Waals surface area contributed by atoms with Crippen molar-refractivity contribution in [3.63, 3.8) is 0 Å². The van der Waals surface area contributed by atoms with E-state index in [1.54, 1.807) is 12.1 Å². The van der Waals surface area contributed by atoms with Crippen molar-refractivity contribution in [1.82, 2.24) is 4.90 Å². The van der Waals surface area contributed by atoms with Gasteiger partial charge in [0.1, 0.15) is 23.7 Å². The van der Waals surface area contributed by atoms with E-state index in [9.17, 15) is 4.79 Å². The molecule has 5 heteroatoms. The summed E-state index contributed by atoms with van der Waals surface area (Å²) in [6.45, 7) is 6.98. The van der Waals surface area contributed by atoms with Crippen LogP contribution in [0.1, 0.15) is 42.3 Å². The molecule has 1 aliphatic rings. The van der Waals surface area contributed by atoms with Crippen molar-refractivity contribution in [3.8, 4) is 11.5 Å². The zero-order valence-electron chi connectivity index (χ0n) is 18.7. The maximum Gasteiger partial charge on any atom is 0.256 e. The van der Waals surface area contributed by atoms with Crippen LogP contribution < -0.4 is 9.47 Å². The van der Waals surface area contributed by atoms with Gasteiger partial charge in [0.15, 0.2) is 0 Å². The van der Waals surface area contributed by atoms with Gasteiger partial charge in [-0.3, -0.25) is 4.79 Å². The third-order valence-corrected chi connectivity index (χ3v) is 5.74. The summed E-state index contributed by atoms with van der Waals surface area (Å²) in [7, 11) is 0. The van der Waals surface area contributed by atoms with Gasteiger partial charge in [0, 0.05) is 6.54 Å². The molecule has 1 heterocycles. The fourth-order valence-electron chi connectivity index (χ4n) is 3.91. The third-order valence-electron chi connectivity index (χ3n) is 5.41. The normalized spacial score (nSPS) is 15.8. The largest absolute Gasteiger partial charge is 0.491 e. The van der Waals surface area contributed by atoms with E-state index in [0.29, 0.717) is 23.7 Å². The Morgan fingerprint density at radius 1 is 0.938 bits per heavy atom. The van der Waals surface area contributed by atoms with Crippen LogP contribution in [0.4, 0.5) is 0 Å².